The van der Waals surface area contributed by atoms with Crippen LogP contribution < -0.4 is 11.1 Å². The lowest BCUT2D eigenvalue weighted by Gasteiger charge is -2.24. The van der Waals surface area contributed by atoms with Crippen molar-refractivity contribution in [2.75, 3.05) is 6.54 Å². The van der Waals surface area contributed by atoms with E-state index in [2.05, 4.69) is 5.32 Å². The summed E-state index contributed by atoms with van der Waals surface area (Å²) in [6.45, 7) is 9.60. The summed E-state index contributed by atoms with van der Waals surface area (Å²) in [6, 6.07) is -0.793. The molecule has 3 atom stereocenters. The maximum atomic E-state index is 11.7. The SMILES string of the molecule is CCC[C@H](O)[C@H](N)CN[C@@H](C)C(=O)OC(C)(C)C. The van der Waals surface area contributed by atoms with E-state index in [-0.39, 0.29) is 12.0 Å². The maximum Gasteiger partial charge on any atom is 0.323 e. The highest BCUT2D eigenvalue weighted by atomic mass is 16.6. The molecule has 0 unspecified atom stereocenters. The Hall–Kier alpha value is -0.650. The van der Waals surface area contributed by atoms with Crippen molar-refractivity contribution >= 4 is 5.97 Å². The van der Waals surface area contributed by atoms with Gasteiger partial charge in [0.1, 0.15) is 11.6 Å². The second kappa shape index (κ2) is 7.71. The van der Waals surface area contributed by atoms with E-state index in [4.69, 9.17) is 10.5 Å². The first-order valence-electron chi connectivity index (χ1n) is 6.57. The Morgan fingerprint density at radius 3 is 2.44 bits per heavy atom. The maximum absolute atomic E-state index is 11.7. The Morgan fingerprint density at radius 1 is 1.44 bits per heavy atom. The predicted molar refractivity (Wildman–Crippen MR) is 72.2 cm³/mol. The van der Waals surface area contributed by atoms with E-state index >= 15 is 0 Å². The van der Waals surface area contributed by atoms with Crippen LogP contribution in [0.15, 0.2) is 0 Å². The molecule has 0 bridgehead atoms. The number of rotatable bonds is 7. The van der Waals surface area contributed by atoms with E-state index in [1.807, 2.05) is 27.7 Å². The molecule has 0 spiro atoms. The lowest BCUT2D eigenvalue weighted by Crippen LogP contribution is -2.48. The van der Waals surface area contributed by atoms with Crippen molar-refractivity contribution in [1.82, 2.24) is 5.32 Å². The second-order valence-electron chi connectivity index (χ2n) is 5.68. The molecule has 0 amide bonds. The van der Waals surface area contributed by atoms with Crippen LogP contribution in [0.4, 0.5) is 0 Å². The zero-order valence-corrected chi connectivity index (χ0v) is 12.2. The van der Waals surface area contributed by atoms with Gasteiger partial charge in [-0.25, -0.2) is 0 Å². The first-order valence-corrected chi connectivity index (χ1v) is 6.57. The summed E-state index contributed by atoms with van der Waals surface area (Å²) in [4.78, 5) is 11.7. The van der Waals surface area contributed by atoms with Crippen molar-refractivity contribution < 1.29 is 14.6 Å². The van der Waals surface area contributed by atoms with Crippen molar-refractivity contribution in [1.29, 1.82) is 0 Å². The fraction of sp³-hybridized carbons (Fsp3) is 0.923. The second-order valence-corrected chi connectivity index (χ2v) is 5.68. The van der Waals surface area contributed by atoms with Gasteiger partial charge in [0.2, 0.25) is 0 Å². The summed E-state index contributed by atoms with van der Waals surface area (Å²) >= 11 is 0. The fourth-order valence-corrected chi connectivity index (χ4v) is 1.43. The number of hydrogen-bond acceptors (Lipinski definition) is 5. The molecule has 5 heteroatoms. The quantitative estimate of drug-likeness (QED) is 0.589. The number of aliphatic hydroxyl groups is 1. The summed E-state index contributed by atoms with van der Waals surface area (Å²) in [5, 5.41) is 12.7. The molecule has 4 N–H and O–H groups in total. The molecule has 5 nitrogen and oxygen atoms in total. The number of carbonyl (C=O) groups is 1. The largest absolute Gasteiger partial charge is 0.459 e. The first kappa shape index (κ1) is 17.4. The molecule has 0 rings (SSSR count). The molecule has 18 heavy (non-hydrogen) atoms. The summed E-state index contributed by atoms with van der Waals surface area (Å²) in [5.41, 5.74) is 5.33. The average Bonchev–Trinajstić information content (AvgIpc) is 2.23. The van der Waals surface area contributed by atoms with E-state index in [9.17, 15) is 9.90 Å². The van der Waals surface area contributed by atoms with Crippen LogP contribution in [0, 0.1) is 0 Å². The lowest BCUT2D eigenvalue weighted by molar-refractivity contribution is -0.157. The molecular formula is C13H28N2O3. The number of ether oxygens (including phenoxy) is 1. The summed E-state index contributed by atoms with van der Waals surface area (Å²) < 4.78 is 5.24. The zero-order chi connectivity index (χ0) is 14.3. The number of hydrogen-bond donors (Lipinski definition) is 3. The van der Waals surface area contributed by atoms with E-state index in [1.165, 1.54) is 0 Å². The molecule has 0 heterocycles. The van der Waals surface area contributed by atoms with Gasteiger partial charge in [0.05, 0.1) is 6.10 Å². The third-order valence-electron chi connectivity index (χ3n) is 2.50. The molecule has 0 aliphatic rings. The Morgan fingerprint density at radius 2 is 2.00 bits per heavy atom. The molecule has 0 aromatic carbocycles. The van der Waals surface area contributed by atoms with Gasteiger partial charge in [-0.1, -0.05) is 13.3 Å². The third-order valence-corrected chi connectivity index (χ3v) is 2.50. The highest BCUT2D eigenvalue weighted by molar-refractivity contribution is 5.75. The zero-order valence-electron chi connectivity index (χ0n) is 12.2. The van der Waals surface area contributed by atoms with E-state index in [1.54, 1.807) is 6.92 Å². The van der Waals surface area contributed by atoms with Crippen LogP contribution in [0.3, 0.4) is 0 Å². The molecular weight excluding hydrogens is 232 g/mol. The summed E-state index contributed by atoms with van der Waals surface area (Å²) in [5.74, 6) is -0.306. The van der Waals surface area contributed by atoms with Crippen molar-refractivity contribution in [2.45, 2.75) is 71.2 Å². The third kappa shape index (κ3) is 7.63. The van der Waals surface area contributed by atoms with E-state index in [0.29, 0.717) is 13.0 Å². The molecule has 0 radical (unpaired) electrons. The van der Waals surface area contributed by atoms with Crippen molar-refractivity contribution in [3.05, 3.63) is 0 Å². The van der Waals surface area contributed by atoms with E-state index in [0.717, 1.165) is 6.42 Å². The van der Waals surface area contributed by atoms with Crippen LogP contribution in [0.25, 0.3) is 0 Å². The lowest BCUT2D eigenvalue weighted by atomic mass is 10.1. The van der Waals surface area contributed by atoms with Crippen LogP contribution in [0.5, 0.6) is 0 Å². The van der Waals surface area contributed by atoms with Crippen molar-refractivity contribution in [3.63, 3.8) is 0 Å². The Bertz CT molecular complexity index is 251. The minimum Gasteiger partial charge on any atom is -0.459 e. The van der Waals surface area contributed by atoms with Gasteiger partial charge in [-0.15, -0.1) is 0 Å². The van der Waals surface area contributed by atoms with Gasteiger partial charge >= 0.3 is 5.97 Å². The standard InChI is InChI=1S/C13H28N2O3/c1-6-7-11(16)10(14)8-15-9(2)12(17)18-13(3,4)5/h9-11,15-16H,6-8,14H2,1-5H3/t9-,10+,11-/m0/s1. The molecule has 0 aromatic heterocycles. The van der Waals surface area contributed by atoms with Crippen molar-refractivity contribution in [2.24, 2.45) is 5.73 Å². The van der Waals surface area contributed by atoms with Crippen molar-refractivity contribution in [3.8, 4) is 0 Å². The Balaban J connectivity index is 4.02. The molecule has 0 saturated heterocycles. The molecule has 0 aliphatic carbocycles. The molecule has 0 fully saturated rings. The number of nitrogens with two attached hydrogens (primary N) is 1. The van der Waals surface area contributed by atoms with Gasteiger partial charge in [-0.3, -0.25) is 4.79 Å². The normalized spacial score (nSPS) is 17.1. The van der Waals surface area contributed by atoms with E-state index < -0.39 is 17.7 Å². The molecule has 0 aliphatic heterocycles. The van der Waals surface area contributed by atoms with Gasteiger partial charge in [-0.05, 0) is 34.1 Å². The minimum atomic E-state index is -0.534. The first-order chi connectivity index (χ1) is 8.17. The Kier molecular flexibility index (Phi) is 7.43. The van der Waals surface area contributed by atoms with Gasteiger partial charge in [0.25, 0.3) is 0 Å². The van der Waals surface area contributed by atoms with Crippen LogP contribution >= 0.6 is 0 Å². The van der Waals surface area contributed by atoms with Gasteiger partial charge < -0.3 is 20.9 Å². The number of aliphatic hydroxyl groups excluding tert-OH is 1. The van der Waals surface area contributed by atoms with Crippen LogP contribution in [-0.2, 0) is 9.53 Å². The Labute approximate surface area is 110 Å². The highest BCUT2D eigenvalue weighted by Crippen LogP contribution is 2.08. The minimum absolute atomic E-state index is 0.306. The van der Waals surface area contributed by atoms with Crippen LogP contribution in [0.1, 0.15) is 47.5 Å². The number of esters is 1. The number of carbonyl (C=O) groups excluding carboxylic acids is 1. The topological polar surface area (TPSA) is 84.6 Å². The summed E-state index contributed by atoms with van der Waals surface area (Å²) in [7, 11) is 0. The van der Waals surface area contributed by atoms with Crippen LogP contribution in [-0.4, -0.2) is 41.4 Å². The average molecular weight is 260 g/mol. The van der Waals surface area contributed by atoms with Gasteiger partial charge in [-0.2, -0.15) is 0 Å². The highest BCUT2D eigenvalue weighted by Gasteiger charge is 2.22. The smallest absolute Gasteiger partial charge is 0.323 e. The molecule has 108 valence electrons. The molecule has 0 saturated carbocycles. The van der Waals surface area contributed by atoms with Gasteiger partial charge in [0.15, 0.2) is 0 Å². The fourth-order valence-electron chi connectivity index (χ4n) is 1.43. The predicted octanol–water partition coefficient (Wildman–Crippen LogP) is 0.795. The summed E-state index contributed by atoms with van der Waals surface area (Å²) in [6.07, 6.45) is 1.02. The molecule has 0 aromatic rings. The van der Waals surface area contributed by atoms with Gasteiger partial charge in [0, 0.05) is 12.6 Å². The number of nitrogens with one attached hydrogen (secondary N) is 1. The van der Waals surface area contributed by atoms with Crippen LogP contribution in [0.2, 0.25) is 0 Å². The monoisotopic (exact) mass is 260 g/mol.